The van der Waals surface area contributed by atoms with Crippen molar-refractivity contribution in [2.45, 2.75) is 48.7 Å². The summed E-state index contributed by atoms with van der Waals surface area (Å²) in [6, 6.07) is 15.8. The molecule has 1 heterocycles. The van der Waals surface area contributed by atoms with E-state index in [-0.39, 0.29) is 30.9 Å². The third-order valence-electron chi connectivity index (χ3n) is 9.05. The van der Waals surface area contributed by atoms with E-state index in [0.29, 0.717) is 16.7 Å². The minimum absolute atomic E-state index is 0.0950. The fraction of sp³-hybridized carbons (Fsp3) is 0.306. The Hall–Kier alpha value is -5.37. The first-order valence-electron chi connectivity index (χ1n) is 15.5. The molecule has 258 valence electrons. The number of carboxylic acids is 1. The number of benzene rings is 3. The Morgan fingerprint density at radius 3 is 2.02 bits per heavy atom. The number of rotatable bonds is 10. The molecule has 3 aromatic carbocycles. The van der Waals surface area contributed by atoms with Gasteiger partial charge in [-0.1, -0.05) is 42.5 Å². The largest absolute Gasteiger partial charge is 0.504 e. The molecule has 1 saturated heterocycles. The van der Waals surface area contributed by atoms with Gasteiger partial charge < -0.3 is 50.2 Å². The molecule has 1 aliphatic carbocycles. The molecule has 0 spiro atoms. The molecule has 3 aromatic rings. The Bertz CT molecular complexity index is 1760. The van der Waals surface area contributed by atoms with Crippen LogP contribution >= 0.6 is 0 Å². The van der Waals surface area contributed by atoms with Crippen molar-refractivity contribution < 1.29 is 59.2 Å². The van der Waals surface area contributed by atoms with Gasteiger partial charge in [-0.3, -0.25) is 0 Å². The van der Waals surface area contributed by atoms with Crippen LogP contribution in [0.2, 0.25) is 0 Å². The Balaban J connectivity index is 1.60. The van der Waals surface area contributed by atoms with Gasteiger partial charge in [0.1, 0.15) is 6.10 Å². The summed E-state index contributed by atoms with van der Waals surface area (Å²) in [5.74, 6) is -6.37. The summed E-state index contributed by atoms with van der Waals surface area (Å²) in [7, 11) is 1.61. The minimum atomic E-state index is -2.50. The van der Waals surface area contributed by atoms with Gasteiger partial charge in [0.05, 0.1) is 6.04 Å². The molecule has 49 heavy (non-hydrogen) atoms. The van der Waals surface area contributed by atoms with Gasteiger partial charge in [-0.05, 0) is 73.0 Å². The van der Waals surface area contributed by atoms with Crippen LogP contribution in [0, 0.1) is 5.92 Å². The number of nitrogens with one attached hydrogen (secondary N) is 1. The van der Waals surface area contributed by atoms with E-state index in [1.54, 1.807) is 37.4 Å². The normalized spacial score (nSPS) is 26.7. The molecule has 7 N–H and O–H groups in total. The molecule has 2 fully saturated rings. The van der Waals surface area contributed by atoms with Crippen molar-refractivity contribution in [2.24, 2.45) is 5.92 Å². The number of likely N-dealkylation sites (N-methyl/N-ethyl adjacent to an activating group) is 1. The number of hydrogen-bond acceptors (Lipinski definition) is 12. The maximum Gasteiger partial charge on any atom is 0.336 e. The number of fused-ring (bicyclic) bond motifs is 1. The zero-order valence-corrected chi connectivity index (χ0v) is 26.4. The van der Waals surface area contributed by atoms with Crippen molar-refractivity contribution in [1.82, 2.24) is 5.32 Å². The smallest absolute Gasteiger partial charge is 0.336 e. The van der Waals surface area contributed by atoms with E-state index in [1.807, 2.05) is 0 Å². The number of ether oxygens (including phenoxy) is 3. The molecule has 6 atom stereocenters. The lowest BCUT2D eigenvalue weighted by Crippen LogP contribution is -2.78. The summed E-state index contributed by atoms with van der Waals surface area (Å²) in [6.45, 7) is 0.113. The second-order valence-electron chi connectivity index (χ2n) is 12.0. The van der Waals surface area contributed by atoms with Gasteiger partial charge in [0.15, 0.2) is 40.3 Å². The van der Waals surface area contributed by atoms with Gasteiger partial charge in [0.2, 0.25) is 0 Å². The Morgan fingerprint density at radius 1 is 0.878 bits per heavy atom. The summed E-state index contributed by atoms with van der Waals surface area (Å²) in [6.07, 6.45) is 1.55. The highest BCUT2D eigenvalue weighted by Crippen LogP contribution is 2.50. The van der Waals surface area contributed by atoms with Crippen LogP contribution in [-0.2, 0) is 35.0 Å². The molecular formula is C36H37NO12. The highest BCUT2D eigenvalue weighted by Gasteiger charge is 2.70. The Kier molecular flexibility index (Phi) is 10.3. The lowest BCUT2D eigenvalue weighted by molar-refractivity contribution is -0.286. The number of aliphatic hydroxyl groups is 1. The molecule has 0 bridgehead atoms. The zero-order valence-electron chi connectivity index (χ0n) is 26.4. The highest BCUT2D eigenvalue weighted by atomic mass is 16.6. The molecule has 0 aromatic heterocycles. The van der Waals surface area contributed by atoms with E-state index < -0.39 is 71.2 Å². The number of aromatic hydroxyl groups is 4. The van der Waals surface area contributed by atoms with Crippen LogP contribution in [-0.4, -0.2) is 91.7 Å². The molecule has 13 heteroatoms. The molecule has 1 aliphatic heterocycles. The summed E-state index contributed by atoms with van der Waals surface area (Å²) < 4.78 is 18.3. The molecule has 5 rings (SSSR count). The second kappa shape index (κ2) is 14.4. The van der Waals surface area contributed by atoms with Crippen molar-refractivity contribution in [3.8, 4) is 23.0 Å². The monoisotopic (exact) mass is 675 g/mol. The summed E-state index contributed by atoms with van der Waals surface area (Å²) in [5, 5.41) is 64.5. The summed E-state index contributed by atoms with van der Waals surface area (Å²) in [5.41, 5.74) is -3.05. The number of carbonyl (C=O) groups excluding carboxylic acids is 2. The SMILES string of the molecule is CNC1CCOC2CC(O)(C(=O)O)C(Cc3ccccc3)C(OC(=O)C=Cc3ccc(O)c(O)c3)C12OC(=O)C=Cc1ccc(O)c(O)c1. The predicted molar refractivity (Wildman–Crippen MR) is 174 cm³/mol. The average Bonchev–Trinajstić information content (AvgIpc) is 3.08. The number of carbonyl (C=O) groups is 3. The van der Waals surface area contributed by atoms with Crippen molar-refractivity contribution in [2.75, 3.05) is 13.7 Å². The van der Waals surface area contributed by atoms with Gasteiger partial charge in [-0.15, -0.1) is 0 Å². The summed E-state index contributed by atoms with van der Waals surface area (Å²) >= 11 is 0. The number of aliphatic carboxylic acids is 1. The average molecular weight is 676 g/mol. The summed E-state index contributed by atoms with van der Waals surface area (Å²) in [4.78, 5) is 40.1. The van der Waals surface area contributed by atoms with Crippen molar-refractivity contribution in [3.05, 3.63) is 95.6 Å². The molecular weight excluding hydrogens is 638 g/mol. The van der Waals surface area contributed by atoms with Gasteiger partial charge in [-0.25, -0.2) is 14.4 Å². The first-order valence-corrected chi connectivity index (χ1v) is 15.5. The maximum atomic E-state index is 13.6. The van der Waals surface area contributed by atoms with E-state index in [1.165, 1.54) is 48.6 Å². The van der Waals surface area contributed by atoms with Crippen LogP contribution in [0.3, 0.4) is 0 Å². The number of phenolic OH excluding ortho intramolecular Hbond substituents is 4. The van der Waals surface area contributed by atoms with Gasteiger partial charge in [0.25, 0.3) is 0 Å². The van der Waals surface area contributed by atoms with Crippen LogP contribution < -0.4 is 5.32 Å². The predicted octanol–water partition coefficient (Wildman–Crippen LogP) is 2.88. The van der Waals surface area contributed by atoms with Gasteiger partial charge in [-0.2, -0.15) is 0 Å². The van der Waals surface area contributed by atoms with Crippen LogP contribution in [0.4, 0.5) is 0 Å². The van der Waals surface area contributed by atoms with E-state index in [0.717, 1.165) is 12.2 Å². The van der Waals surface area contributed by atoms with Gasteiger partial charge in [0, 0.05) is 31.1 Å². The third kappa shape index (κ3) is 7.23. The van der Waals surface area contributed by atoms with Crippen LogP contribution in [0.25, 0.3) is 12.2 Å². The topological polar surface area (TPSA) is 212 Å². The standard InChI is InChI=1S/C36H37NO12/c1-37-29-15-16-47-30-20-35(46,34(44)45)24(17-21-5-3-2-4-6-21)33(48-31(42)13-9-22-7-11-25(38)27(40)18-22)36(29,30)49-32(43)14-10-23-8-12-26(39)28(41)19-23/h2-14,18-19,24,29-30,33,37-41,46H,15-17,20H2,1H3,(H,44,45). The van der Waals surface area contributed by atoms with E-state index in [2.05, 4.69) is 5.32 Å². The van der Waals surface area contributed by atoms with E-state index in [4.69, 9.17) is 14.2 Å². The second-order valence-corrected chi connectivity index (χ2v) is 12.0. The lowest BCUT2D eigenvalue weighted by Gasteiger charge is -2.58. The molecule has 6 unspecified atom stereocenters. The van der Waals surface area contributed by atoms with E-state index in [9.17, 15) is 45.0 Å². The number of hydrogen-bond donors (Lipinski definition) is 7. The fourth-order valence-electron chi connectivity index (χ4n) is 6.63. The maximum absolute atomic E-state index is 13.6. The molecule has 1 saturated carbocycles. The lowest BCUT2D eigenvalue weighted by atomic mass is 9.60. The first kappa shape index (κ1) is 35.0. The molecule has 0 radical (unpaired) electrons. The van der Waals surface area contributed by atoms with Crippen LogP contribution in [0.1, 0.15) is 29.5 Å². The molecule has 0 amide bonds. The minimum Gasteiger partial charge on any atom is -0.504 e. The Morgan fingerprint density at radius 2 is 1.47 bits per heavy atom. The van der Waals surface area contributed by atoms with Crippen LogP contribution in [0.5, 0.6) is 23.0 Å². The van der Waals surface area contributed by atoms with Crippen molar-refractivity contribution in [3.63, 3.8) is 0 Å². The van der Waals surface area contributed by atoms with Crippen molar-refractivity contribution >= 4 is 30.1 Å². The number of esters is 2. The first-order chi connectivity index (χ1) is 23.4. The third-order valence-corrected chi connectivity index (χ3v) is 9.05. The quantitative estimate of drug-likeness (QED) is 0.0937. The Labute approximate surface area is 281 Å². The number of carboxylic acid groups (broad SMARTS) is 1. The molecule has 2 aliphatic rings. The highest BCUT2D eigenvalue weighted by molar-refractivity contribution is 5.89. The van der Waals surface area contributed by atoms with E-state index >= 15 is 0 Å². The zero-order chi connectivity index (χ0) is 35.3. The van der Waals surface area contributed by atoms with Gasteiger partial charge >= 0.3 is 17.9 Å². The number of phenols is 4. The fourth-order valence-corrected chi connectivity index (χ4v) is 6.63. The molecule has 13 nitrogen and oxygen atoms in total. The van der Waals surface area contributed by atoms with Crippen molar-refractivity contribution in [1.29, 1.82) is 0 Å². The van der Waals surface area contributed by atoms with Crippen LogP contribution in [0.15, 0.2) is 78.9 Å².